The van der Waals surface area contributed by atoms with Gasteiger partial charge in [-0.3, -0.25) is 0 Å². The third-order valence-corrected chi connectivity index (χ3v) is 6.30. The van der Waals surface area contributed by atoms with Gasteiger partial charge in [0.15, 0.2) is 0 Å². The normalized spacial score (nSPS) is 14.8. The van der Waals surface area contributed by atoms with E-state index in [2.05, 4.69) is 57.0 Å². The Bertz CT molecular complexity index is 531. The van der Waals surface area contributed by atoms with Gasteiger partial charge < -0.3 is 5.32 Å². The van der Waals surface area contributed by atoms with Crippen LogP contribution in [-0.2, 0) is 12.3 Å². The lowest BCUT2D eigenvalue weighted by molar-refractivity contribution is 0.687. The van der Waals surface area contributed by atoms with Gasteiger partial charge in [-0.05, 0) is 57.9 Å². The maximum absolute atomic E-state index is 3.58. The van der Waals surface area contributed by atoms with Crippen LogP contribution in [0.15, 0.2) is 45.1 Å². The highest BCUT2D eigenvalue weighted by molar-refractivity contribution is 9.10. The molecule has 1 aromatic carbocycles. The van der Waals surface area contributed by atoms with Crippen LogP contribution < -0.4 is 5.32 Å². The van der Waals surface area contributed by atoms with Crippen molar-refractivity contribution < 1.29 is 0 Å². The van der Waals surface area contributed by atoms with E-state index in [0.29, 0.717) is 0 Å². The van der Waals surface area contributed by atoms with E-state index in [9.17, 15) is 0 Å². The lowest BCUT2D eigenvalue weighted by Crippen LogP contribution is -2.14. The Morgan fingerprint density at radius 2 is 2.00 bits per heavy atom. The zero-order chi connectivity index (χ0) is 13.1. The van der Waals surface area contributed by atoms with Crippen molar-refractivity contribution in [2.24, 2.45) is 0 Å². The van der Waals surface area contributed by atoms with Gasteiger partial charge in [-0.25, -0.2) is 0 Å². The van der Waals surface area contributed by atoms with E-state index in [1.165, 1.54) is 32.7 Å². The highest BCUT2D eigenvalue weighted by Gasteiger charge is 2.19. The summed E-state index contributed by atoms with van der Waals surface area (Å²) < 4.78 is 1.23. The molecule has 0 radical (unpaired) electrons. The Balaban J connectivity index is 1.52. The van der Waals surface area contributed by atoms with Gasteiger partial charge in [0.25, 0.3) is 0 Å². The second-order valence-electron chi connectivity index (χ2n) is 4.78. The van der Waals surface area contributed by atoms with Gasteiger partial charge in [0.1, 0.15) is 0 Å². The molecule has 1 aliphatic carbocycles. The van der Waals surface area contributed by atoms with Crippen molar-refractivity contribution >= 4 is 39.0 Å². The summed E-state index contributed by atoms with van der Waals surface area (Å²) in [6.45, 7) is 1.01. The fourth-order valence-corrected chi connectivity index (χ4v) is 4.52. The van der Waals surface area contributed by atoms with Crippen LogP contribution in [0.3, 0.4) is 0 Å². The first-order valence-corrected chi connectivity index (χ1v) is 9.14. The van der Waals surface area contributed by atoms with Crippen molar-refractivity contribution in [2.45, 2.75) is 36.1 Å². The van der Waals surface area contributed by atoms with E-state index in [4.69, 9.17) is 0 Å². The zero-order valence-electron chi connectivity index (χ0n) is 10.6. The summed E-state index contributed by atoms with van der Waals surface area (Å²) in [5, 5.41) is 5.67. The maximum atomic E-state index is 3.58. The molecule has 1 fully saturated rings. The Hall–Kier alpha value is -0.290. The van der Waals surface area contributed by atoms with Gasteiger partial charge in [0, 0.05) is 32.6 Å². The van der Waals surface area contributed by atoms with Crippen molar-refractivity contribution in [3.05, 3.63) is 50.6 Å². The summed E-state index contributed by atoms with van der Waals surface area (Å²) in [5.74, 6) is 1.04. The second kappa shape index (κ2) is 6.44. The lowest BCUT2D eigenvalue weighted by Gasteiger charge is -2.05. The minimum absolute atomic E-state index is 0.783. The molecule has 4 heteroatoms. The Morgan fingerprint density at radius 1 is 1.21 bits per heavy atom. The average molecular weight is 354 g/mol. The summed E-state index contributed by atoms with van der Waals surface area (Å²) in [6, 6.07) is 11.8. The van der Waals surface area contributed by atoms with E-state index in [-0.39, 0.29) is 0 Å². The highest BCUT2D eigenvalue weighted by Crippen LogP contribution is 2.30. The number of thioether (sulfide) groups is 1. The van der Waals surface area contributed by atoms with Crippen LogP contribution in [0.5, 0.6) is 0 Å². The molecule has 0 bridgehead atoms. The number of halogens is 1. The van der Waals surface area contributed by atoms with Gasteiger partial charge in [-0.15, -0.1) is 23.1 Å². The molecule has 1 N–H and O–H groups in total. The van der Waals surface area contributed by atoms with Crippen LogP contribution in [0.4, 0.5) is 0 Å². The summed E-state index contributed by atoms with van der Waals surface area (Å²) in [5.41, 5.74) is 1.38. The molecule has 3 rings (SSSR count). The van der Waals surface area contributed by atoms with Crippen LogP contribution in [-0.4, -0.2) is 6.04 Å². The third kappa shape index (κ3) is 4.09. The first kappa shape index (κ1) is 13.7. The van der Waals surface area contributed by atoms with Crippen LogP contribution in [0.2, 0.25) is 0 Å². The van der Waals surface area contributed by atoms with Crippen LogP contribution in [0.1, 0.15) is 23.3 Å². The molecule has 0 aliphatic heterocycles. The van der Waals surface area contributed by atoms with Gasteiger partial charge in [-0.2, -0.15) is 0 Å². The monoisotopic (exact) mass is 353 g/mol. The SMILES string of the molecule is Brc1ccsc1CSc1ccc(CNC2CC2)cc1. The number of benzene rings is 1. The molecule has 1 aromatic heterocycles. The van der Waals surface area contributed by atoms with Gasteiger partial charge in [0.2, 0.25) is 0 Å². The van der Waals surface area contributed by atoms with Crippen molar-refractivity contribution in [3.63, 3.8) is 0 Å². The van der Waals surface area contributed by atoms with Crippen LogP contribution in [0.25, 0.3) is 0 Å². The largest absolute Gasteiger partial charge is 0.310 e. The Labute approximate surface area is 130 Å². The molecule has 0 spiro atoms. The van der Waals surface area contributed by atoms with E-state index in [1.54, 1.807) is 0 Å². The van der Waals surface area contributed by atoms with E-state index < -0.39 is 0 Å². The minimum atomic E-state index is 0.783. The predicted octanol–water partition coefficient (Wildman–Crippen LogP) is 5.05. The molecule has 0 amide bonds. The van der Waals surface area contributed by atoms with Gasteiger partial charge >= 0.3 is 0 Å². The molecule has 0 saturated heterocycles. The summed E-state index contributed by atoms with van der Waals surface area (Å²) in [4.78, 5) is 2.75. The second-order valence-corrected chi connectivity index (χ2v) is 7.68. The number of nitrogens with one attached hydrogen (secondary N) is 1. The fourth-order valence-electron chi connectivity index (χ4n) is 1.83. The highest BCUT2D eigenvalue weighted by atomic mass is 79.9. The smallest absolute Gasteiger partial charge is 0.0337 e. The first-order valence-electron chi connectivity index (χ1n) is 6.48. The van der Waals surface area contributed by atoms with Crippen LogP contribution in [0, 0.1) is 0 Å². The fraction of sp³-hybridized carbons (Fsp3) is 0.333. The average Bonchev–Trinajstić information content (AvgIpc) is 3.18. The van der Waals surface area contributed by atoms with Gasteiger partial charge in [0.05, 0.1) is 0 Å². The molecule has 1 aliphatic rings. The van der Waals surface area contributed by atoms with Gasteiger partial charge in [-0.1, -0.05) is 12.1 Å². The molecular weight excluding hydrogens is 338 g/mol. The zero-order valence-corrected chi connectivity index (χ0v) is 13.8. The maximum Gasteiger partial charge on any atom is 0.0337 e. The molecular formula is C15H16BrNS2. The van der Waals surface area contributed by atoms with Crippen molar-refractivity contribution in [1.82, 2.24) is 5.32 Å². The summed E-state index contributed by atoms with van der Waals surface area (Å²) in [6.07, 6.45) is 2.70. The van der Waals surface area contributed by atoms with Crippen molar-refractivity contribution in [3.8, 4) is 0 Å². The standard InChI is InChI=1S/C15H16BrNS2/c16-14-7-8-18-15(14)10-19-13-5-1-11(2-6-13)9-17-12-3-4-12/h1-2,5-8,12,17H,3-4,9-10H2. The molecule has 1 heterocycles. The number of rotatable bonds is 6. The Morgan fingerprint density at radius 3 is 2.63 bits per heavy atom. The van der Waals surface area contributed by atoms with E-state index in [0.717, 1.165) is 18.3 Å². The Kier molecular flexibility index (Phi) is 4.64. The molecule has 100 valence electrons. The van der Waals surface area contributed by atoms with Crippen LogP contribution >= 0.6 is 39.0 Å². The number of thiophene rings is 1. The first-order chi connectivity index (χ1) is 9.31. The summed E-state index contributed by atoms with van der Waals surface area (Å²) in [7, 11) is 0. The number of hydrogen-bond donors (Lipinski definition) is 1. The molecule has 0 atom stereocenters. The molecule has 19 heavy (non-hydrogen) atoms. The third-order valence-electron chi connectivity index (χ3n) is 3.16. The van der Waals surface area contributed by atoms with Crippen molar-refractivity contribution in [1.29, 1.82) is 0 Å². The quantitative estimate of drug-likeness (QED) is 0.728. The molecule has 0 unspecified atom stereocenters. The predicted molar refractivity (Wildman–Crippen MR) is 87.9 cm³/mol. The number of hydrogen-bond acceptors (Lipinski definition) is 3. The minimum Gasteiger partial charge on any atom is -0.310 e. The van der Waals surface area contributed by atoms with E-state index in [1.807, 2.05) is 23.1 Å². The topological polar surface area (TPSA) is 12.0 Å². The van der Waals surface area contributed by atoms with Crippen molar-refractivity contribution in [2.75, 3.05) is 0 Å². The summed E-state index contributed by atoms with van der Waals surface area (Å²) >= 11 is 7.29. The lowest BCUT2D eigenvalue weighted by atomic mass is 10.2. The molecule has 1 nitrogen and oxygen atoms in total. The molecule has 1 saturated carbocycles. The molecule has 2 aromatic rings. The van der Waals surface area contributed by atoms with E-state index >= 15 is 0 Å².